The third-order valence-corrected chi connectivity index (χ3v) is 4.67. The zero-order valence-electron chi connectivity index (χ0n) is 13.1. The molecule has 2 aliphatic rings. The molecule has 0 radical (unpaired) electrons. The van der Waals surface area contributed by atoms with Gasteiger partial charge in [-0.15, -0.1) is 6.58 Å². The van der Waals surface area contributed by atoms with Crippen LogP contribution < -0.4 is 4.74 Å². The van der Waals surface area contributed by atoms with Crippen LogP contribution in [0.2, 0.25) is 0 Å². The van der Waals surface area contributed by atoms with Crippen molar-refractivity contribution in [2.24, 2.45) is 11.8 Å². The Kier molecular flexibility index (Phi) is 5.22. The molecule has 22 heavy (non-hydrogen) atoms. The first-order valence-electron chi connectivity index (χ1n) is 8.27. The molecule has 1 aromatic rings. The molecule has 0 amide bonds. The van der Waals surface area contributed by atoms with Gasteiger partial charge < -0.3 is 4.74 Å². The number of nitrogens with zero attached hydrogens (tertiary/aromatic N) is 3. The highest BCUT2D eigenvalue weighted by Gasteiger charge is 2.33. The minimum Gasteiger partial charge on any atom is -0.459 e. The zero-order valence-corrected chi connectivity index (χ0v) is 13.1. The number of hydrogen-bond donors (Lipinski definition) is 0. The fraction of sp³-hybridized carbons (Fsp3) is 0.556. The summed E-state index contributed by atoms with van der Waals surface area (Å²) in [6.07, 6.45) is 14.6. The van der Waals surface area contributed by atoms with Gasteiger partial charge in [0.15, 0.2) is 0 Å². The van der Waals surface area contributed by atoms with Crippen molar-refractivity contribution in [3.05, 3.63) is 43.3 Å². The Morgan fingerprint density at radius 1 is 1.23 bits per heavy atom. The molecule has 1 aliphatic carbocycles. The van der Waals surface area contributed by atoms with Gasteiger partial charge in [0.2, 0.25) is 0 Å². The molecule has 1 aromatic heterocycles. The Morgan fingerprint density at radius 3 is 2.55 bits per heavy atom. The van der Waals surface area contributed by atoms with Crippen molar-refractivity contribution in [1.82, 2.24) is 14.9 Å². The molecule has 0 N–H and O–H groups in total. The molecule has 1 unspecified atom stereocenters. The third-order valence-electron chi connectivity index (χ3n) is 4.67. The SMILES string of the molecule is C=CCCC(CN1C[C@H]2CC=CC[C@H]2C1)Oc1ncccn1. The smallest absolute Gasteiger partial charge is 0.316 e. The summed E-state index contributed by atoms with van der Waals surface area (Å²) in [5.74, 6) is 1.66. The third kappa shape index (κ3) is 3.95. The Labute approximate surface area is 132 Å². The van der Waals surface area contributed by atoms with Gasteiger partial charge in [0.25, 0.3) is 0 Å². The van der Waals surface area contributed by atoms with Crippen molar-refractivity contribution in [1.29, 1.82) is 0 Å². The average molecular weight is 299 g/mol. The van der Waals surface area contributed by atoms with Crippen LogP contribution in [0, 0.1) is 11.8 Å². The van der Waals surface area contributed by atoms with Crippen molar-refractivity contribution < 1.29 is 4.74 Å². The number of hydrogen-bond acceptors (Lipinski definition) is 4. The predicted molar refractivity (Wildman–Crippen MR) is 87.7 cm³/mol. The summed E-state index contributed by atoms with van der Waals surface area (Å²) in [4.78, 5) is 10.9. The monoisotopic (exact) mass is 299 g/mol. The predicted octanol–water partition coefficient (Wildman–Crippen LogP) is 3.09. The van der Waals surface area contributed by atoms with Gasteiger partial charge in [0, 0.05) is 32.0 Å². The molecule has 4 heteroatoms. The Morgan fingerprint density at radius 2 is 1.91 bits per heavy atom. The van der Waals surface area contributed by atoms with Crippen molar-refractivity contribution >= 4 is 0 Å². The maximum absolute atomic E-state index is 6.00. The van der Waals surface area contributed by atoms with Crippen LogP contribution in [0.1, 0.15) is 25.7 Å². The molecular weight excluding hydrogens is 274 g/mol. The fourth-order valence-corrected chi connectivity index (χ4v) is 3.54. The van der Waals surface area contributed by atoms with Gasteiger partial charge in [0.05, 0.1) is 0 Å². The lowest BCUT2D eigenvalue weighted by atomic mass is 9.86. The van der Waals surface area contributed by atoms with Crippen LogP contribution in [0.5, 0.6) is 6.01 Å². The van der Waals surface area contributed by atoms with Gasteiger partial charge in [-0.2, -0.15) is 0 Å². The molecule has 1 aliphatic heterocycles. The first kappa shape index (κ1) is 15.2. The van der Waals surface area contributed by atoms with Gasteiger partial charge in [-0.3, -0.25) is 4.90 Å². The molecule has 0 saturated carbocycles. The highest BCUT2D eigenvalue weighted by atomic mass is 16.5. The van der Waals surface area contributed by atoms with E-state index >= 15 is 0 Å². The first-order valence-corrected chi connectivity index (χ1v) is 8.27. The topological polar surface area (TPSA) is 38.2 Å². The van der Waals surface area contributed by atoms with Crippen LogP contribution in [0.15, 0.2) is 43.3 Å². The van der Waals surface area contributed by atoms with E-state index in [0.29, 0.717) is 6.01 Å². The van der Waals surface area contributed by atoms with Crippen LogP contribution in [-0.2, 0) is 0 Å². The van der Waals surface area contributed by atoms with Crippen molar-refractivity contribution in [2.45, 2.75) is 31.8 Å². The van der Waals surface area contributed by atoms with Gasteiger partial charge in [-0.1, -0.05) is 18.2 Å². The van der Waals surface area contributed by atoms with E-state index in [4.69, 9.17) is 4.74 Å². The molecule has 0 spiro atoms. The highest BCUT2D eigenvalue weighted by Crippen LogP contribution is 2.33. The van der Waals surface area contributed by atoms with Crippen LogP contribution >= 0.6 is 0 Å². The quantitative estimate of drug-likeness (QED) is 0.725. The van der Waals surface area contributed by atoms with Crippen LogP contribution in [0.25, 0.3) is 0 Å². The zero-order chi connectivity index (χ0) is 15.2. The minimum atomic E-state index is 0.133. The summed E-state index contributed by atoms with van der Waals surface area (Å²) in [5.41, 5.74) is 0. The number of aromatic nitrogens is 2. The molecule has 0 bridgehead atoms. The van der Waals surface area contributed by atoms with E-state index in [9.17, 15) is 0 Å². The fourth-order valence-electron chi connectivity index (χ4n) is 3.54. The van der Waals surface area contributed by atoms with E-state index in [1.54, 1.807) is 12.4 Å². The largest absolute Gasteiger partial charge is 0.459 e. The second kappa shape index (κ2) is 7.54. The minimum absolute atomic E-state index is 0.133. The first-order chi connectivity index (χ1) is 10.8. The molecule has 1 fully saturated rings. The molecule has 3 atom stereocenters. The highest BCUT2D eigenvalue weighted by molar-refractivity contribution is 5.00. The van der Waals surface area contributed by atoms with E-state index in [1.807, 2.05) is 12.1 Å². The van der Waals surface area contributed by atoms with E-state index in [1.165, 1.54) is 25.9 Å². The summed E-state index contributed by atoms with van der Waals surface area (Å²) < 4.78 is 6.00. The summed E-state index contributed by atoms with van der Waals surface area (Å²) in [7, 11) is 0. The second-order valence-electron chi connectivity index (χ2n) is 6.32. The molecule has 2 heterocycles. The second-order valence-corrected chi connectivity index (χ2v) is 6.32. The number of allylic oxidation sites excluding steroid dienone is 3. The Bertz CT molecular complexity index is 486. The molecule has 0 aromatic carbocycles. The maximum atomic E-state index is 6.00. The van der Waals surface area contributed by atoms with Crippen LogP contribution in [0.4, 0.5) is 0 Å². The lowest BCUT2D eigenvalue weighted by molar-refractivity contribution is 0.126. The number of ether oxygens (including phenoxy) is 1. The Balaban J connectivity index is 1.57. The molecule has 118 valence electrons. The van der Waals surface area contributed by atoms with Crippen molar-refractivity contribution in [3.63, 3.8) is 0 Å². The lowest BCUT2D eigenvalue weighted by Gasteiger charge is -2.23. The number of rotatable bonds is 7. The molecule has 3 rings (SSSR count). The summed E-state index contributed by atoms with van der Waals surface area (Å²) in [5, 5.41) is 0. The summed E-state index contributed by atoms with van der Waals surface area (Å²) in [6, 6.07) is 2.29. The van der Waals surface area contributed by atoms with Gasteiger partial charge in [-0.05, 0) is 43.6 Å². The normalized spacial score (nSPS) is 25.6. The molecular formula is C18H25N3O. The van der Waals surface area contributed by atoms with Crippen molar-refractivity contribution in [3.8, 4) is 6.01 Å². The summed E-state index contributed by atoms with van der Waals surface area (Å²) in [6.45, 7) is 7.17. The van der Waals surface area contributed by atoms with Crippen molar-refractivity contribution in [2.75, 3.05) is 19.6 Å². The summed E-state index contributed by atoms with van der Waals surface area (Å²) >= 11 is 0. The van der Waals surface area contributed by atoms with Gasteiger partial charge in [-0.25, -0.2) is 9.97 Å². The maximum Gasteiger partial charge on any atom is 0.316 e. The van der Waals surface area contributed by atoms with Crippen LogP contribution in [-0.4, -0.2) is 40.6 Å². The van der Waals surface area contributed by atoms with Gasteiger partial charge >= 0.3 is 6.01 Å². The number of likely N-dealkylation sites (tertiary alicyclic amines) is 1. The average Bonchev–Trinajstić information content (AvgIpc) is 2.96. The molecule has 4 nitrogen and oxygen atoms in total. The Hall–Kier alpha value is -1.68. The van der Waals surface area contributed by atoms with E-state index in [0.717, 1.165) is 31.2 Å². The standard InChI is InChI=1S/C18H25N3O/c1-2-3-9-17(22-18-19-10-6-11-20-18)14-21-12-15-7-4-5-8-16(15)13-21/h2,4-6,10-11,15-17H,1,3,7-9,12-14H2/t15-,16+,17?. The van der Waals surface area contributed by atoms with Crippen LogP contribution in [0.3, 0.4) is 0 Å². The molecule has 1 saturated heterocycles. The van der Waals surface area contributed by atoms with E-state index in [-0.39, 0.29) is 6.10 Å². The van der Waals surface area contributed by atoms with E-state index in [2.05, 4.69) is 33.6 Å². The number of fused-ring (bicyclic) bond motifs is 1. The van der Waals surface area contributed by atoms with E-state index < -0.39 is 0 Å². The lowest BCUT2D eigenvalue weighted by Crippen LogP contribution is -2.35. The van der Waals surface area contributed by atoms with Gasteiger partial charge in [0.1, 0.15) is 6.10 Å².